The van der Waals surface area contributed by atoms with E-state index in [1.54, 1.807) is 12.2 Å². The molecule has 0 aromatic carbocycles. The van der Waals surface area contributed by atoms with E-state index in [2.05, 4.69) is 35.3 Å². The molecule has 1 amide bonds. The Morgan fingerprint density at radius 2 is 2.03 bits per heavy atom. The number of anilines is 1. The molecule has 0 atom stereocenters. The molecule has 0 saturated heterocycles. The van der Waals surface area contributed by atoms with E-state index in [0.717, 1.165) is 47.4 Å². The van der Waals surface area contributed by atoms with E-state index in [0.29, 0.717) is 37.7 Å². The maximum atomic E-state index is 12.3. The van der Waals surface area contributed by atoms with Gasteiger partial charge in [0, 0.05) is 30.8 Å². The summed E-state index contributed by atoms with van der Waals surface area (Å²) >= 11 is 0. The van der Waals surface area contributed by atoms with Gasteiger partial charge in [-0.2, -0.15) is 0 Å². The third kappa shape index (κ3) is 6.28. The molecule has 0 unspecified atom stereocenters. The Morgan fingerprint density at radius 3 is 2.71 bits per heavy atom. The molecule has 0 radical (unpaired) electrons. The number of imidazole rings is 1. The number of ether oxygens (including phenoxy) is 1. The van der Waals surface area contributed by atoms with Crippen LogP contribution >= 0.6 is 0 Å². The predicted molar refractivity (Wildman–Crippen MR) is 127 cm³/mol. The zero-order chi connectivity index (χ0) is 22.8. The van der Waals surface area contributed by atoms with Crippen molar-refractivity contribution in [3.63, 3.8) is 0 Å². The summed E-state index contributed by atoms with van der Waals surface area (Å²) < 4.78 is 7.99. The summed E-state index contributed by atoms with van der Waals surface area (Å²) in [7, 11) is 0. The first-order chi connectivity index (χ1) is 14.9. The maximum absolute atomic E-state index is 12.3. The molecule has 0 spiro atoms. The van der Waals surface area contributed by atoms with E-state index < -0.39 is 0 Å². The average Bonchev–Trinajstić information content (AvgIpc) is 3.11. The van der Waals surface area contributed by atoms with Crippen molar-refractivity contribution in [2.24, 2.45) is 0 Å². The molecule has 0 aliphatic carbocycles. The number of aryl methyl sites for hydroxylation is 3. The highest BCUT2D eigenvalue weighted by Gasteiger charge is 2.17. The van der Waals surface area contributed by atoms with Crippen LogP contribution in [0, 0.1) is 13.8 Å². The van der Waals surface area contributed by atoms with Gasteiger partial charge in [-0.15, -0.1) is 0 Å². The van der Waals surface area contributed by atoms with Crippen LogP contribution in [0.5, 0.6) is 0 Å². The lowest BCUT2D eigenvalue weighted by molar-refractivity contribution is -0.117. The molecule has 2 aromatic rings. The van der Waals surface area contributed by atoms with Gasteiger partial charge in [0.25, 0.3) is 5.91 Å². The standard InChI is InChI=1S/C24H35N5O2/c1-6-9-12-19(10-7-2)24(30)26-13-15-31-16-14-29-20(11-8-3)28-21-22(29)17(4)18(5)27-23(21)25/h7,9-10,12H,2,6,8,11,13-16H2,1,3-5H3,(H2,25,27)(H,26,30)/b12-9-,19-10+. The van der Waals surface area contributed by atoms with Crippen LogP contribution in [0.1, 0.15) is 43.8 Å². The third-order valence-corrected chi connectivity index (χ3v) is 5.03. The van der Waals surface area contributed by atoms with E-state index in [4.69, 9.17) is 15.5 Å². The number of fused-ring (bicyclic) bond motifs is 1. The summed E-state index contributed by atoms with van der Waals surface area (Å²) in [5.41, 5.74) is 10.5. The average molecular weight is 426 g/mol. The number of rotatable bonds is 12. The van der Waals surface area contributed by atoms with Gasteiger partial charge in [-0.25, -0.2) is 9.97 Å². The summed E-state index contributed by atoms with van der Waals surface area (Å²) in [6.45, 7) is 13.9. The van der Waals surface area contributed by atoms with Gasteiger partial charge in [-0.05, 0) is 32.3 Å². The molecule has 0 fully saturated rings. The highest BCUT2D eigenvalue weighted by atomic mass is 16.5. The van der Waals surface area contributed by atoms with E-state index in [-0.39, 0.29) is 5.91 Å². The van der Waals surface area contributed by atoms with Gasteiger partial charge in [0.05, 0.1) is 18.7 Å². The van der Waals surface area contributed by atoms with Crippen LogP contribution in [-0.4, -0.2) is 40.2 Å². The fourth-order valence-electron chi connectivity index (χ4n) is 3.38. The van der Waals surface area contributed by atoms with Crippen molar-refractivity contribution in [3.8, 4) is 0 Å². The van der Waals surface area contributed by atoms with E-state index >= 15 is 0 Å². The van der Waals surface area contributed by atoms with E-state index in [1.165, 1.54) is 0 Å². The molecular weight excluding hydrogens is 390 g/mol. The summed E-state index contributed by atoms with van der Waals surface area (Å²) in [6, 6.07) is 0. The Kier molecular flexibility index (Phi) is 9.46. The number of nitrogens with zero attached hydrogens (tertiary/aromatic N) is 3. The molecule has 0 aliphatic rings. The fourth-order valence-corrected chi connectivity index (χ4v) is 3.38. The van der Waals surface area contributed by atoms with Gasteiger partial charge in [-0.3, -0.25) is 4.79 Å². The highest BCUT2D eigenvalue weighted by Crippen LogP contribution is 2.26. The molecule has 7 heteroatoms. The lowest BCUT2D eigenvalue weighted by Gasteiger charge is -2.12. The van der Waals surface area contributed by atoms with Crippen molar-refractivity contribution in [3.05, 3.63) is 53.5 Å². The topological polar surface area (TPSA) is 95.1 Å². The van der Waals surface area contributed by atoms with Gasteiger partial charge in [0.1, 0.15) is 11.3 Å². The van der Waals surface area contributed by atoms with Crippen molar-refractivity contribution < 1.29 is 9.53 Å². The van der Waals surface area contributed by atoms with Crippen LogP contribution in [-0.2, 0) is 22.5 Å². The van der Waals surface area contributed by atoms with Crippen LogP contribution in [0.3, 0.4) is 0 Å². The number of allylic oxidation sites excluding steroid dienone is 3. The largest absolute Gasteiger partial charge is 0.382 e. The molecule has 0 saturated carbocycles. The zero-order valence-electron chi connectivity index (χ0n) is 19.2. The molecule has 0 bridgehead atoms. The van der Waals surface area contributed by atoms with Crippen LogP contribution in [0.25, 0.3) is 11.0 Å². The van der Waals surface area contributed by atoms with Crippen LogP contribution in [0.15, 0.2) is 36.5 Å². The third-order valence-electron chi connectivity index (χ3n) is 5.03. The molecule has 3 N–H and O–H groups in total. The number of carbonyl (C=O) groups is 1. The monoisotopic (exact) mass is 425 g/mol. The van der Waals surface area contributed by atoms with Crippen LogP contribution in [0.2, 0.25) is 0 Å². The highest BCUT2D eigenvalue weighted by molar-refractivity contribution is 5.96. The van der Waals surface area contributed by atoms with Crippen LogP contribution < -0.4 is 11.1 Å². The first-order valence-electron chi connectivity index (χ1n) is 10.9. The fraction of sp³-hybridized carbons (Fsp3) is 0.458. The van der Waals surface area contributed by atoms with Gasteiger partial charge < -0.3 is 20.4 Å². The van der Waals surface area contributed by atoms with Gasteiger partial charge in [0.15, 0.2) is 5.82 Å². The van der Waals surface area contributed by atoms with E-state index in [9.17, 15) is 4.79 Å². The summed E-state index contributed by atoms with van der Waals surface area (Å²) in [5.74, 6) is 1.34. The van der Waals surface area contributed by atoms with Crippen molar-refractivity contribution in [2.45, 2.75) is 53.5 Å². The predicted octanol–water partition coefficient (Wildman–Crippen LogP) is 3.79. The molecule has 2 heterocycles. The summed E-state index contributed by atoms with van der Waals surface area (Å²) in [4.78, 5) is 21.4. The maximum Gasteiger partial charge on any atom is 0.251 e. The summed E-state index contributed by atoms with van der Waals surface area (Å²) in [5, 5.41) is 2.88. The smallest absolute Gasteiger partial charge is 0.251 e. The molecule has 0 aliphatic heterocycles. The van der Waals surface area contributed by atoms with Gasteiger partial charge in [0.2, 0.25) is 0 Å². The van der Waals surface area contributed by atoms with Gasteiger partial charge in [-0.1, -0.05) is 44.7 Å². The number of nitrogens with one attached hydrogen (secondary N) is 1. The number of hydrogen-bond donors (Lipinski definition) is 2. The number of aromatic nitrogens is 3. The lowest BCUT2D eigenvalue weighted by Crippen LogP contribution is -2.28. The Hall–Kier alpha value is -2.93. The normalized spacial score (nSPS) is 12.1. The number of carbonyl (C=O) groups excluding carboxylic acids is 1. The second-order valence-electron chi connectivity index (χ2n) is 7.37. The number of nitrogens with two attached hydrogens (primary N) is 1. The quantitative estimate of drug-likeness (QED) is 0.306. The number of nitrogen functional groups attached to an aromatic ring is 1. The first-order valence-corrected chi connectivity index (χ1v) is 10.9. The minimum atomic E-state index is -0.131. The zero-order valence-corrected chi connectivity index (χ0v) is 19.2. The lowest BCUT2D eigenvalue weighted by atomic mass is 10.2. The second-order valence-corrected chi connectivity index (χ2v) is 7.37. The Bertz CT molecular complexity index is 972. The Morgan fingerprint density at radius 1 is 1.26 bits per heavy atom. The second kappa shape index (κ2) is 12.1. The van der Waals surface area contributed by atoms with Crippen molar-refractivity contribution >= 4 is 22.8 Å². The number of hydrogen-bond acceptors (Lipinski definition) is 5. The van der Waals surface area contributed by atoms with Crippen molar-refractivity contribution in [1.29, 1.82) is 0 Å². The van der Waals surface area contributed by atoms with Crippen molar-refractivity contribution in [1.82, 2.24) is 19.9 Å². The Balaban J connectivity index is 1.96. The Labute approximate surface area is 185 Å². The van der Waals surface area contributed by atoms with E-state index in [1.807, 2.05) is 26.0 Å². The molecule has 168 valence electrons. The van der Waals surface area contributed by atoms with Crippen LogP contribution in [0.4, 0.5) is 5.82 Å². The number of pyridine rings is 1. The molecule has 2 rings (SSSR count). The van der Waals surface area contributed by atoms with Gasteiger partial charge >= 0.3 is 0 Å². The first kappa shape index (κ1) is 24.3. The molecular formula is C24H35N5O2. The number of amides is 1. The molecule has 2 aromatic heterocycles. The minimum absolute atomic E-state index is 0.131. The SMILES string of the molecule is C=C/C=C(\C=C/CC)C(=O)NCCOCCn1c(CCC)nc2c(N)nc(C)c(C)c21. The summed E-state index contributed by atoms with van der Waals surface area (Å²) in [6.07, 6.45) is 9.80. The molecule has 31 heavy (non-hydrogen) atoms. The van der Waals surface area contributed by atoms with Crippen molar-refractivity contribution in [2.75, 3.05) is 25.5 Å². The molecule has 7 nitrogen and oxygen atoms in total. The minimum Gasteiger partial charge on any atom is -0.382 e.